The van der Waals surface area contributed by atoms with E-state index in [0.29, 0.717) is 4.78 Å². The standard InChI is InChI=1S/C11H9BF2O4S/c12-7-5-6-8(19-7)10(17-3-4-18-10)11(13,14)9(6)15-1-2-16-9/h5H,1-4H2. The lowest BCUT2D eigenvalue weighted by Crippen LogP contribution is -2.54. The monoisotopic (exact) mass is 286 g/mol. The van der Waals surface area contributed by atoms with Gasteiger partial charge in [-0.25, -0.2) is 0 Å². The van der Waals surface area contributed by atoms with Gasteiger partial charge in [0.2, 0.25) is 0 Å². The third-order valence-corrected chi connectivity index (χ3v) is 4.67. The maximum Gasteiger partial charge on any atom is 0.363 e. The summed E-state index contributed by atoms with van der Waals surface area (Å²) in [4.78, 5) is 0.245. The molecule has 2 spiro atoms. The molecule has 4 nitrogen and oxygen atoms in total. The predicted molar refractivity (Wildman–Crippen MR) is 61.8 cm³/mol. The highest BCUT2D eigenvalue weighted by molar-refractivity contribution is 7.20. The number of hydrogen-bond acceptors (Lipinski definition) is 5. The fourth-order valence-electron chi connectivity index (χ4n) is 2.90. The van der Waals surface area contributed by atoms with Gasteiger partial charge in [0.05, 0.1) is 31.3 Å². The Bertz CT molecular complexity index is 491. The third kappa shape index (κ3) is 1.18. The summed E-state index contributed by atoms with van der Waals surface area (Å²) in [5, 5.41) is 0. The van der Waals surface area contributed by atoms with Crippen molar-refractivity contribution in [1.82, 2.24) is 0 Å². The van der Waals surface area contributed by atoms with E-state index in [2.05, 4.69) is 0 Å². The molecule has 2 radical (unpaired) electrons. The Labute approximate surface area is 113 Å². The van der Waals surface area contributed by atoms with E-state index in [-0.39, 0.29) is 36.9 Å². The van der Waals surface area contributed by atoms with Gasteiger partial charge in [0.1, 0.15) is 7.85 Å². The fourth-order valence-corrected chi connectivity index (χ4v) is 4.00. The summed E-state index contributed by atoms with van der Waals surface area (Å²) in [6, 6.07) is 1.46. The van der Waals surface area contributed by atoms with Gasteiger partial charge in [-0.05, 0) is 10.8 Å². The number of hydrogen-bond donors (Lipinski definition) is 0. The molecular weight excluding hydrogens is 277 g/mol. The molecule has 3 heterocycles. The van der Waals surface area contributed by atoms with Crippen molar-refractivity contribution in [1.29, 1.82) is 0 Å². The fraction of sp³-hybridized carbons (Fsp3) is 0.636. The summed E-state index contributed by atoms with van der Waals surface area (Å²) in [6.45, 7) is 0.396. The second-order valence-electron chi connectivity index (χ2n) is 4.59. The first-order valence-electron chi connectivity index (χ1n) is 5.87. The number of ether oxygens (including phenoxy) is 4. The minimum atomic E-state index is -3.46. The normalized spacial score (nSPS) is 29.4. The van der Waals surface area contributed by atoms with Gasteiger partial charge in [-0.3, -0.25) is 0 Å². The number of thiophene rings is 1. The Hall–Kier alpha value is -0.535. The molecule has 0 aromatic carbocycles. The highest BCUT2D eigenvalue weighted by Gasteiger charge is 2.81. The predicted octanol–water partition coefficient (Wildman–Crippen LogP) is 0.590. The summed E-state index contributed by atoms with van der Waals surface area (Å²) in [6.07, 6.45) is 0. The molecule has 0 N–H and O–H groups in total. The van der Waals surface area contributed by atoms with Crippen molar-refractivity contribution in [2.75, 3.05) is 26.4 Å². The molecule has 3 aliphatic rings. The average Bonchev–Trinajstić information content (AvgIpc) is 3.08. The van der Waals surface area contributed by atoms with Crippen LogP contribution < -0.4 is 4.78 Å². The number of rotatable bonds is 0. The van der Waals surface area contributed by atoms with Gasteiger partial charge in [-0.1, -0.05) is 0 Å². The van der Waals surface area contributed by atoms with Gasteiger partial charge in [0.15, 0.2) is 0 Å². The van der Waals surface area contributed by atoms with Gasteiger partial charge >= 0.3 is 5.92 Å². The molecule has 0 saturated carbocycles. The highest BCUT2D eigenvalue weighted by Crippen LogP contribution is 2.64. The Morgan fingerprint density at radius 2 is 1.53 bits per heavy atom. The second kappa shape index (κ2) is 3.56. The van der Waals surface area contributed by atoms with Crippen LogP contribution in [0.5, 0.6) is 0 Å². The molecule has 0 atom stereocenters. The molecule has 1 aliphatic carbocycles. The van der Waals surface area contributed by atoms with E-state index in [1.807, 2.05) is 0 Å². The Kier molecular flexibility index (Phi) is 2.29. The van der Waals surface area contributed by atoms with Crippen LogP contribution in [0.4, 0.5) is 8.78 Å². The number of fused-ring (bicyclic) bond motifs is 3. The Morgan fingerprint density at radius 1 is 1.00 bits per heavy atom. The van der Waals surface area contributed by atoms with Gasteiger partial charge in [0, 0.05) is 5.56 Å². The SMILES string of the molecule is [B]c1cc2c(s1)C1(OCCO1)C(F)(F)C21OCCO1. The van der Waals surface area contributed by atoms with Crippen LogP contribution in [0.3, 0.4) is 0 Å². The molecule has 0 bridgehead atoms. The number of alkyl halides is 2. The number of halogens is 2. The maximum absolute atomic E-state index is 14.9. The molecule has 4 rings (SSSR count). The Balaban J connectivity index is 1.99. The van der Waals surface area contributed by atoms with Gasteiger partial charge in [-0.15, -0.1) is 0 Å². The van der Waals surface area contributed by atoms with Crippen molar-refractivity contribution >= 4 is 24.0 Å². The van der Waals surface area contributed by atoms with Crippen molar-refractivity contribution in [2.24, 2.45) is 0 Å². The zero-order valence-electron chi connectivity index (χ0n) is 9.78. The lowest BCUT2D eigenvalue weighted by Gasteiger charge is -2.36. The van der Waals surface area contributed by atoms with Crippen LogP contribution >= 0.6 is 11.3 Å². The lowest BCUT2D eigenvalue weighted by atomic mass is 10.0. The molecule has 2 saturated heterocycles. The van der Waals surface area contributed by atoms with Crippen LogP contribution in [0.1, 0.15) is 10.4 Å². The zero-order chi connectivity index (χ0) is 13.3. The van der Waals surface area contributed by atoms with Crippen molar-refractivity contribution in [3.8, 4) is 0 Å². The van der Waals surface area contributed by atoms with E-state index in [1.54, 1.807) is 0 Å². The van der Waals surface area contributed by atoms with Gasteiger partial charge in [-0.2, -0.15) is 20.1 Å². The van der Waals surface area contributed by atoms with E-state index in [9.17, 15) is 8.78 Å². The summed E-state index contributed by atoms with van der Waals surface area (Å²) in [5.41, 5.74) is 0.222. The topological polar surface area (TPSA) is 36.9 Å². The van der Waals surface area contributed by atoms with Crippen molar-refractivity contribution in [2.45, 2.75) is 17.5 Å². The van der Waals surface area contributed by atoms with Crippen LogP contribution in [0, 0.1) is 0 Å². The molecule has 19 heavy (non-hydrogen) atoms. The third-order valence-electron chi connectivity index (χ3n) is 3.62. The molecule has 0 unspecified atom stereocenters. The summed E-state index contributed by atoms with van der Waals surface area (Å²) < 4.78 is 51.2. The molecular formula is C11H9BF2O4S. The average molecular weight is 286 g/mol. The van der Waals surface area contributed by atoms with E-state index < -0.39 is 17.5 Å². The van der Waals surface area contributed by atoms with Crippen LogP contribution in [0.2, 0.25) is 0 Å². The molecule has 1 aromatic rings. The molecule has 100 valence electrons. The molecule has 2 aliphatic heterocycles. The van der Waals surface area contributed by atoms with Crippen molar-refractivity contribution < 1.29 is 27.7 Å². The van der Waals surface area contributed by atoms with Gasteiger partial charge < -0.3 is 18.9 Å². The second-order valence-corrected chi connectivity index (χ2v) is 5.68. The summed E-state index contributed by atoms with van der Waals surface area (Å²) in [7, 11) is 5.73. The van der Waals surface area contributed by atoms with E-state index >= 15 is 0 Å². The molecule has 0 amide bonds. The van der Waals surface area contributed by atoms with Crippen LogP contribution in [0.15, 0.2) is 6.07 Å². The van der Waals surface area contributed by atoms with E-state index in [4.69, 9.17) is 26.8 Å². The minimum Gasteiger partial charge on any atom is -0.339 e. The first-order chi connectivity index (χ1) is 9.04. The first-order valence-corrected chi connectivity index (χ1v) is 6.69. The zero-order valence-corrected chi connectivity index (χ0v) is 10.6. The lowest BCUT2D eigenvalue weighted by molar-refractivity contribution is -0.387. The quantitative estimate of drug-likeness (QED) is 0.654. The largest absolute Gasteiger partial charge is 0.363 e. The van der Waals surface area contributed by atoms with Crippen LogP contribution in [0.25, 0.3) is 0 Å². The smallest absolute Gasteiger partial charge is 0.339 e. The minimum absolute atomic E-state index is 0.0981. The molecule has 2 fully saturated rings. The molecule has 8 heteroatoms. The first kappa shape index (κ1) is 12.2. The maximum atomic E-state index is 14.9. The Morgan fingerprint density at radius 3 is 2.11 bits per heavy atom. The highest BCUT2D eigenvalue weighted by atomic mass is 32.1. The van der Waals surface area contributed by atoms with E-state index in [0.717, 1.165) is 11.3 Å². The van der Waals surface area contributed by atoms with Crippen LogP contribution in [-0.4, -0.2) is 40.2 Å². The summed E-state index contributed by atoms with van der Waals surface area (Å²) in [5.74, 6) is -7.72. The van der Waals surface area contributed by atoms with Crippen molar-refractivity contribution in [3.05, 3.63) is 16.5 Å². The van der Waals surface area contributed by atoms with Crippen LogP contribution in [-0.2, 0) is 30.5 Å². The summed E-state index contributed by atoms with van der Waals surface area (Å²) >= 11 is 1.02. The van der Waals surface area contributed by atoms with E-state index in [1.165, 1.54) is 6.07 Å². The van der Waals surface area contributed by atoms with Crippen molar-refractivity contribution in [3.63, 3.8) is 0 Å². The van der Waals surface area contributed by atoms with Gasteiger partial charge in [0.25, 0.3) is 11.6 Å². The molecule has 1 aromatic heterocycles.